The van der Waals surface area contributed by atoms with Gasteiger partial charge in [0, 0.05) is 13.1 Å². The topological polar surface area (TPSA) is 23.6 Å². The smallest absolute Gasteiger partial charge is 0.241 e. The van der Waals surface area contributed by atoms with Crippen molar-refractivity contribution in [3.63, 3.8) is 0 Å². The molecule has 0 bridgehead atoms. The fourth-order valence-corrected chi connectivity index (χ4v) is 4.13. The molecule has 1 aliphatic rings. The minimum Gasteiger partial charge on any atom is -0.273 e. The Morgan fingerprint density at radius 3 is 1.86 bits per heavy atom. The first-order valence-electron chi connectivity index (χ1n) is 10.5. The average Bonchev–Trinajstić information content (AvgIpc) is 2.79. The molecule has 0 unspecified atom stereocenters. The molecule has 0 N–H and O–H groups in total. The normalized spacial score (nSPS) is 15.2. The van der Waals surface area contributed by atoms with Gasteiger partial charge in [-0.3, -0.25) is 9.80 Å². The van der Waals surface area contributed by atoms with Gasteiger partial charge >= 0.3 is 0 Å². The van der Waals surface area contributed by atoms with Gasteiger partial charge in [0.25, 0.3) is 0 Å². The molecule has 4 rings (SSSR count). The Labute approximate surface area is 173 Å². The van der Waals surface area contributed by atoms with Crippen molar-refractivity contribution in [3.8, 4) is 0 Å². The predicted molar refractivity (Wildman–Crippen MR) is 117 cm³/mol. The van der Waals surface area contributed by atoms with Crippen molar-refractivity contribution < 1.29 is 4.79 Å². The van der Waals surface area contributed by atoms with E-state index in [0.717, 1.165) is 31.5 Å². The van der Waals surface area contributed by atoms with Gasteiger partial charge < -0.3 is 0 Å². The van der Waals surface area contributed by atoms with Crippen LogP contribution >= 0.6 is 0 Å². The van der Waals surface area contributed by atoms with Crippen LogP contribution in [0, 0.1) is 0 Å². The number of amides is 1. The highest BCUT2D eigenvalue weighted by Gasteiger charge is 2.27. The van der Waals surface area contributed by atoms with Gasteiger partial charge in [-0.1, -0.05) is 91.0 Å². The van der Waals surface area contributed by atoms with Crippen molar-refractivity contribution in [3.05, 3.63) is 108 Å². The maximum absolute atomic E-state index is 13.3. The zero-order valence-electron chi connectivity index (χ0n) is 16.8. The molecule has 1 saturated heterocycles. The highest BCUT2D eigenvalue weighted by molar-refractivity contribution is 5.78. The number of piperidine rings is 1. The van der Waals surface area contributed by atoms with Gasteiger partial charge in [-0.05, 0) is 35.4 Å². The van der Waals surface area contributed by atoms with E-state index in [1.807, 2.05) is 53.5 Å². The third kappa shape index (κ3) is 5.12. The zero-order valence-corrected chi connectivity index (χ0v) is 16.8. The number of carbonyl (C=O) groups is 1. The molecule has 0 radical (unpaired) electrons. The molecule has 148 valence electrons. The second-order valence-corrected chi connectivity index (χ2v) is 7.74. The summed E-state index contributed by atoms with van der Waals surface area (Å²) in [7, 11) is 0. The third-order valence-corrected chi connectivity index (χ3v) is 5.74. The van der Waals surface area contributed by atoms with Crippen molar-refractivity contribution in [1.29, 1.82) is 0 Å². The highest BCUT2D eigenvalue weighted by Crippen LogP contribution is 2.29. The monoisotopic (exact) mass is 384 g/mol. The van der Waals surface area contributed by atoms with Gasteiger partial charge in [0.2, 0.25) is 5.91 Å². The lowest BCUT2D eigenvalue weighted by molar-refractivity contribution is -0.152. The van der Waals surface area contributed by atoms with Crippen LogP contribution in [-0.2, 0) is 17.8 Å². The van der Waals surface area contributed by atoms with Gasteiger partial charge in [0.1, 0.15) is 0 Å². The second kappa shape index (κ2) is 9.53. The lowest BCUT2D eigenvalue weighted by Gasteiger charge is -2.40. The Bertz CT molecular complexity index is 888. The minimum absolute atomic E-state index is 0.165. The van der Waals surface area contributed by atoms with Crippen LogP contribution in [0.2, 0.25) is 0 Å². The van der Waals surface area contributed by atoms with E-state index in [0.29, 0.717) is 18.9 Å². The second-order valence-electron chi connectivity index (χ2n) is 7.74. The van der Waals surface area contributed by atoms with E-state index in [1.165, 1.54) is 11.1 Å². The van der Waals surface area contributed by atoms with Crippen molar-refractivity contribution in [2.24, 2.45) is 0 Å². The molecule has 1 heterocycles. The van der Waals surface area contributed by atoms with E-state index < -0.39 is 0 Å². The van der Waals surface area contributed by atoms with E-state index in [9.17, 15) is 4.79 Å². The minimum atomic E-state index is 0.165. The Balaban J connectivity index is 1.47. The van der Waals surface area contributed by atoms with Gasteiger partial charge in [-0.25, -0.2) is 5.01 Å². The number of hydrogen-bond donors (Lipinski definition) is 0. The van der Waals surface area contributed by atoms with Gasteiger partial charge in [-0.15, -0.1) is 0 Å². The standard InChI is InChI=1S/C26H28N2O/c29-26(20-22-10-4-1-5-11-22)28(21-23-12-6-2-7-13-23)27-18-16-25(17-19-27)24-14-8-3-9-15-24/h1-15,25H,16-21H2. The molecule has 1 aliphatic heterocycles. The van der Waals surface area contributed by atoms with Crippen LogP contribution in [0.4, 0.5) is 0 Å². The van der Waals surface area contributed by atoms with E-state index in [2.05, 4.69) is 47.5 Å². The molecular formula is C26H28N2O. The lowest BCUT2D eigenvalue weighted by Crippen LogP contribution is -2.49. The Morgan fingerprint density at radius 1 is 0.759 bits per heavy atom. The number of carbonyl (C=O) groups excluding carboxylic acids is 1. The number of benzene rings is 3. The molecule has 0 spiro atoms. The van der Waals surface area contributed by atoms with Gasteiger partial charge in [-0.2, -0.15) is 0 Å². The van der Waals surface area contributed by atoms with Crippen molar-refractivity contribution >= 4 is 5.91 Å². The van der Waals surface area contributed by atoms with Crippen LogP contribution in [0.15, 0.2) is 91.0 Å². The summed E-state index contributed by atoms with van der Waals surface area (Å²) in [4.78, 5) is 13.3. The van der Waals surface area contributed by atoms with E-state index in [4.69, 9.17) is 0 Å². The molecule has 0 aromatic heterocycles. The van der Waals surface area contributed by atoms with Crippen LogP contribution in [0.25, 0.3) is 0 Å². The summed E-state index contributed by atoms with van der Waals surface area (Å²) in [5.74, 6) is 0.744. The van der Waals surface area contributed by atoms with Gasteiger partial charge in [0.05, 0.1) is 13.0 Å². The molecule has 1 fully saturated rings. The largest absolute Gasteiger partial charge is 0.273 e. The number of nitrogens with zero attached hydrogens (tertiary/aromatic N) is 2. The fourth-order valence-electron chi connectivity index (χ4n) is 4.13. The Kier molecular flexibility index (Phi) is 6.38. The summed E-state index contributed by atoms with van der Waals surface area (Å²) in [6.07, 6.45) is 2.59. The number of rotatable bonds is 6. The van der Waals surface area contributed by atoms with Crippen LogP contribution in [-0.4, -0.2) is 29.0 Å². The summed E-state index contributed by atoms with van der Waals surface area (Å²) < 4.78 is 0. The molecule has 0 saturated carbocycles. The van der Waals surface area contributed by atoms with E-state index >= 15 is 0 Å². The molecule has 3 aromatic carbocycles. The summed E-state index contributed by atoms with van der Waals surface area (Å²) in [5, 5.41) is 4.24. The molecule has 3 aromatic rings. The fraction of sp³-hybridized carbons (Fsp3) is 0.269. The van der Waals surface area contributed by atoms with Crippen LogP contribution in [0.3, 0.4) is 0 Å². The van der Waals surface area contributed by atoms with E-state index in [-0.39, 0.29) is 5.91 Å². The Morgan fingerprint density at radius 2 is 1.28 bits per heavy atom. The van der Waals surface area contributed by atoms with Crippen molar-refractivity contribution in [2.75, 3.05) is 13.1 Å². The maximum Gasteiger partial charge on any atom is 0.241 e. The molecule has 3 nitrogen and oxygen atoms in total. The van der Waals surface area contributed by atoms with Gasteiger partial charge in [0.15, 0.2) is 0 Å². The molecule has 3 heteroatoms. The quantitative estimate of drug-likeness (QED) is 0.594. The summed E-state index contributed by atoms with van der Waals surface area (Å²) >= 11 is 0. The van der Waals surface area contributed by atoms with Crippen molar-refractivity contribution in [1.82, 2.24) is 10.0 Å². The summed E-state index contributed by atoms with van der Waals surface area (Å²) in [6, 6.07) is 31.1. The molecule has 0 aliphatic carbocycles. The first-order chi connectivity index (χ1) is 14.3. The van der Waals surface area contributed by atoms with Crippen molar-refractivity contribution in [2.45, 2.75) is 31.7 Å². The highest BCUT2D eigenvalue weighted by atomic mass is 16.2. The van der Waals surface area contributed by atoms with E-state index in [1.54, 1.807) is 0 Å². The molecule has 1 amide bonds. The first-order valence-corrected chi connectivity index (χ1v) is 10.5. The number of hydrazine groups is 1. The van der Waals surface area contributed by atoms with Crippen LogP contribution in [0.5, 0.6) is 0 Å². The summed E-state index contributed by atoms with van der Waals surface area (Å²) in [5.41, 5.74) is 3.64. The SMILES string of the molecule is O=C(Cc1ccccc1)N(Cc1ccccc1)N1CCC(c2ccccc2)CC1. The predicted octanol–water partition coefficient (Wildman–Crippen LogP) is 5.05. The van der Waals surface area contributed by atoms with Crippen LogP contribution in [0.1, 0.15) is 35.4 Å². The third-order valence-electron chi connectivity index (χ3n) is 5.74. The zero-order chi connectivity index (χ0) is 19.9. The maximum atomic E-state index is 13.3. The summed E-state index contributed by atoms with van der Waals surface area (Å²) in [6.45, 7) is 2.45. The number of hydrogen-bond acceptors (Lipinski definition) is 2. The average molecular weight is 385 g/mol. The molecule has 29 heavy (non-hydrogen) atoms. The first kappa shape index (κ1) is 19.4. The Hall–Kier alpha value is -2.91. The van der Waals surface area contributed by atoms with Crippen LogP contribution < -0.4 is 0 Å². The molecule has 0 atom stereocenters. The lowest BCUT2D eigenvalue weighted by atomic mass is 9.90. The molecular weight excluding hydrogens is 356 g/mol.